The summed E-state index contributed by atoms with van der Waals surface area (Å²) in [4.78, 5) is 0. The van der Waals surface area contributed by atoms with Crippen molar-refractivity contribution in [3.8, 4) is 22.3 Å². The Morgan fingerprint density at radius 2 is 0.875 bits per heavy atom. The molecule has 1 heteroatoms. The molecule has 4 aromatic rings. The van der Waals surface area contributed by atoms with Crippen molar-refractivity contribution in [2.24, 2.45) is 0 Å². The highest BCUT2D eigenvalue weighted by Gasteiger charge is 2.50. The SMILES string of the molecule is CCC=C[Si](C)(C1c2ccccc2-c2ccccc21)C1c2ccccc2-c2ccccc21. The zero-order chi connectivity index (χ0) is 21.7. The van der Waals surface area contributed by atoms with Gasteiger partial charge in [-0.3, -0.25) is 0 Å². The highest BCUT2D eigenvalue weighted by Crippen LogP contribution is 2.57. The summed E-state index contributed by atoms with van der Waals surface area (Å²) in [5.74, 6) is 0. The lowest BCUT2D eigenvalue weighted by Crippen LogP contribution is -2.43. The first-order chi connectivity index (χ1) is 15.7. The van der Waals surface area contributed by atoms with Crippen molar-refractivity contribution in [1.29, 1.82) is 0 Å². The molecule has 156 valence electrons. The second-order valence-corrected chi connectivity index (χ2v) is 13.6. The quantitative estimate of drug-likeness (QED) is 0.287. The van der Waals surface area contributed by atoms with Crippen molar-refractivity contribution in [2.75, 3.05) is 0 Å². The molecule has 0 fully saturated rings. The van der Waals surface area contributed by atoms with E-state index in [1.165, 1.54) is 44.5 Å². The van der Waals surface area contributed by atoms with Crippen molar-refractivity contribution in [3.05, 3.63) is 131 Å². The first-order valence-corrected chi connectivity index (χ1v) is 14.5. The summed E-state index contributed by atoms with van der Waals surface area (Å²) in [6.45, 7) is 4.89. The van der Waals surface area contributed by atoms with E-state index < -0.39 is 8.07 Å². The van der Waals surface area contributed by atoms with E-state index in [0.717, 1.165) is 6.42 Å². The van der Waals surface area contributed by atoms with Crippen LogP contribution in [0.15, 0.2) is 109 Å². The molecule has 2 aliphatic rings. The largest absolute Gasteiger partial charge is 0.0986 e. The molecule has 0 aromatic heterocycles. The average molecular weight is 429 g/mol. The highest BCUT2D eigenvalue weighted by molar-refractivity contribution is 6.87. The normalized spacial score (nSPS) is 14.9. The summed E-state index contributed by atoms with van der Waals surface area (Å²) in [7, 11) is -2.09. The molecule has 0 aliphatic heterocycles. The molecule has 0 nitrogen and oxygen atoms in total. The third kappa shape index (κ3) is 2.67. The van der Waals surface area contributed by atoms with Crippen LogP contribution in [0.5, 0.6) is 0 Å². The summed E-state index contributed by atoms with van der Waals surface area (Å²) >= 11 is 0. The van der Waals surface area contributed by atoms with Crippen molar-refractivity contribution < 1.29 is 0 Å². The molecule has 0 atom stereocenters. The van der Waals surface area contributed by atoms with Crippen molar-refractivity contribution in [2.45, 2.75) is 31.0 Å². The van der Waals surface area contributed by atoms with Crippen LogP contribution in [-0.2, 0) is 0 Å². The number of benzene rings is 4. The summed E-state index contributed by atoms with van der Waals surface area (Å²) in [5.41, 5.74) is 15.3. The van der Waals surface area contributed by atoms with Gasteiger partial charge in [0.25, 0.3) is 0 Å². The molecule has 2 aliphatic carbocycles. The highest BCUT2D eigenvalue weighted by atomic mass is 28.3. The van der Waals surface area contributed by atoms with Crippen LogP contribution in [0.25, 0.3) is 22.3 Å². The van der Waals surface area contributed by atoms with Crippen LogP contribution in [0.4, 0.5) is 0 Å². The lowest BCUT2D eigenvalue weighted by Gasteiger charge is -2.39. The van der Waals surface area contributed by atoms with E-state index in [4.69, 9.17) is 0 Å². The number of hydrogen-bond donors (Lipinski definition) is 0. The van der Waals surface area contributed by atoms with Gasteiger partial charge in [-0.1, -0.05) is 122 Å². The van der Waals surface area contributed by atoms with Crippen LogP contribution in [0, 0.1) is 0 Å². The van der Waals surface area contributed by atoms with E-state index in [1.54, 1.807) is 0 Å². The van der Waals surface area contributed by atoms with Crippen LogP contribution in [0.1, 0.15) is 46.7 Å². The molecule has 0 heterocycles. The zero-order valence-electron chi connectivity index (χ0n) is 18.8. The molecule has 0 saturated carbocycles. The van der Waals surface area contributed by atoms with E-state index in [2.05, 4.69) is 122 Å². The molecule has 0 spiro atoms. The molecule has 0 saturated heterocycles. The van der Waals surface area contributed by atoms with Crippen LogP contribution in [0.2, 0.25) is 6.55 Å². The Morgan fingerprint density at radius 3 is 1.19 bits per heavy atom. The van der Waals surface area contributed by atoms with Gasteiger partial charge in [-0.25, -0.2) is 0 Å². The average Bonchev–Trinajstić information content (AvgIpc) is 3.37. The number of fused-ring (bicyclic) bond motifs is 6. The maximum Gasteiger partial charge on any atom is 0.0986 e. The number of allylic oxidation sites excluding steroid dienone is 1. The van der Waals surface area contributed by atoms with Crippen LogP contribution < -0.4 is 0 Å². The minimum atomic E-state index is -2.09. The molecular weight excluding hydrogens is 400 g/mol. The Hall–Kier alpha value is -3.16. The molecule has 0 amide bonds. The van der Waals surface area contributed by atoms with Crippen molar-refractivity contribution >= 4 is 8.07 Å². The fourth-order valence-electron chi connectivity index (χ4n) is 6.38. The van der Waals surface area contributed by atoms with Gasteiger partial charge in [-0.15, -0.1) is 0 Å². The van der Waals surface area contributed by atoms with Crippen LogP contribution in [-0.4, -0.2) is 8.07 Å². The van der Waals surface area contributed by atoms with Gasteiger partial charge in [0.05, 0.1) is 8.07 Å². The minimum absolute atomic E-state index is 0.446. The molecule has 0 radical (unpaired) electrons. The second-order valence-electron chi connectivity index (χ2n) is 9.39. The summed E-state index contributed by atoms with van der Waals surface area (Å²) in [5, 5.41) is 0. The van der Waals surface area contributed by atoms with E-state index in [0.29, 0.717) is 11.1 Å². The molecule has 0 bridgehead atoms. The predicted molar refractivity (Wildman–Crippen MR) is 138 cm³/mol. The van der Waals surface area contributed by atoms with E-state index in [-0.39, 0.29) is 0 Å². The topological polar surface area (TPSA) is 0 Å². The Balaban J connectivity index is 1.65. The first kappa shape index (κ1) is 19.5. The van der Waals surface area contributed by atoms with Gasteiger partial charge in [-0.2, -0.15) is 0 Å². The fourth-order valence-corrected chi connectivity index (χ4v) is 11.5. The van der Waals surface area contributed by atoms with Crippen molar-refractivity contribution in [1.82, 2.24) is 0 Å². The maximum absolute atomic E-state index is 2.67. The number of rotatable bonds is 4. The summed E-state index contributed by atoms with van der Waals surface area (Å²) < 4.78 is 0. The fraction of sp³-hybridized carbons (Fsp3) is 0.161. The standard InChI is InChI=1S/C31H28Si/c1-3-4-21-32(2,30-26-17-9-5-13-22(26)23-14-6-10-18-27(23)30)31-28-19-11-7-15-24(28)25-16-8-12-20-29(25)31/h4-21,30-31H,3H2,1-2H3. The van der Waals surface area contributed by atoms with Gasteiger partial charge in [0, 0.05) is 11.1 Å². The Bertz CT molecular complexity index is 1160. The summed E-state index contributed by atoms with van der Waals surface area (Å²) in [6, 6.07) is 36.5. The van der Waals surface area contributed by atoms with Crippen molar-refractivity contribution in [3.63, 3.8) is 0 Å². The summed E-state index contributed by atoms with van der Waals surface area (Å²) in [6.07, 6.45) is 3.52. The van der Waals surface area contributed by atoms with Gasteiger partial charge in [0.1, 0.15) is 0 Å². The predicted octanol–water partition coefficient (Wildman–Crippen LogP) is 8.27. The molecule has 0 N–H and O–H groups in total. The van der Waals surface area contributed by atoms with E-state index in [9.17, 15) is 0 Å². The second kappa shape index (κ2) is 7.46. The lowest BCUT2D eigenvalue weighted by atomic mass is 10.1. The third-order valence-electron chi connectivity index (χ3n) is 7.62. The first-order valence-electron chi connectivity index (χ1n) is 11.8. The minimum Gasteiger partial charge on any atom is -0.0967 e. The monoisotopic (exact) mass is 428 g/mol. The van der Waals surface area contributed by atoms with E-state index >= 15 is 0 Å². The maximum atomic E-state index is 2.67. The Kier molecular flexibility index (Phi) is 4.55. The zero-order valence-corrected chi connectivity index (χ0v) is 19.8. The Morgan fingerprint density at radius 1 is 0.562 bits per heavy atom. The van der Waals surface area contributed by atoms with Crippen LogP contribution >= 0.6 is 0 Å². The molecular formula is C31H28Si. The number of hydrogen-bond acceptors (Lipinski definition) is 0. The van der Waals surface area contributed by atoms with Crippen LogP contribution in [0.3, 0.4) is 0 Å². The third-order valence-corrected chi connectivity index (χ3v) is 12.3. The molecule has 4 aromatic carbocycles. The van der Waals surface area contributed by atoms with Gasteiger partial charge >= 0.3 is 0 Å². The van der Waals surface area contributed by atoms with Gasteiger partial charge < -0.3 is 0 Å². The lowest BCUT2D eigenvalue weighted by molar-refractivity contribution is 1.02. The molecule has 32 heavy (non-hydrogen) atoms. The smallest absolute Gasteiger partial charge is 0.0967 e. The molecule has 0 unspecified atom stereocenters. The molecule has 6 rings (SSSR count). The van der Waals surface area contributed by atoms with Gasteiger partial charge in [0.15, 0.2) is 0 Å². The van der Waals surface area contributed by atoms with Gasteiger partial charge in [-0.05, 0) is 50.9 Å². The Labute approximate surface area is 192 Å². The van der Waals surface area contributed by atoms with Gasteiger partial charge in [0.2, 0.25) is 0 Å². The van der Waals surface area contributed by atoms with E-state index in [1.807, 2.05) is 0 Å².